The van der Waals surface area contributed by atoms with E-state index in [4.69, 9.17) is 27.8 Å². The molecule has 0 saturated carbocycles. The number of ether oxygens (including phenoxy) is 1. The summed E-state index contributed by atoms with van der Waals surface area (Å²) in [5, 5.41) is 0.680. The fourth-order valence-electron chi connectivity index (χ4n) is 1.02. The van der Waals surface area contributed by atoms with Crippen LogP contribution in [0, 0.1) is 0 Å². The molecule has 0 aliphatic rings. The van der Waals surface area contributed by atoms with E-state index in [1.807, 2.05) is 6.92 Å². The second-order valence-corrected chi connectivity index (χ2v) is 3.58. The largest absolute Gasteiger partial charge is 0.489 e. The third-order valence-corrected chi connectivity index (χ3v) is 1.93. The standard InChI is InChI=1S/C10H14ClN3O/c1-7(6-14-10(12)13)15-9-4-2-8(11)3-5-9/h2-5,7H,6H2,1H3,(H4,12,13,14). The number of aliphatic imine (C=N–C) groups is 1. The van der Waals surface area contributed by atoms with Crippen LogP contribution in [0.2, 0.25) is 5.02 Å². The van der Waals surface area contributed by atoms with E-state index in [1.165, 1.54) is 0 Å². The van der Waals surface area contributed by atoms with Crippen molar-refractivity contribution in [2.24, 2.45) is 16.5 Å². The number of nitrogens with two attached hydrogens (primary N) is 2. The van der Waals surface area contributed by atoms with E-state index in [2.05, 4.69) is 4.99 Å². The number of hydrogen-bond acceptors (Lipinski definition) is 2. The van der Waals surface area contributed by atoms with Gasteiger partial charge in [-0.3, -0.25) is 0 Å². The van der Waals surface area contributed by atoms with Crippen molar-refractivity contribution >= 4 is 17.6 Å². The van der Waals surface area contributed by atoms with E-state index >= 15 is 0 Å². The van der Waals surface area contributed by atoms with Gasteiger partial charge in [-0.15, -0.1) is 0 Å². The molecule has 0 amide bonds. The predicted octanol–water partition coefficient (Wildman–Crippen LogP) is 1.38. The molecule has 5 heteroatoms. The second kappa shape index (κ2) is 5.46. The van der Waals surface area contributed by atoms with Crippen LogP contribution in [0.25, 0.3) is 0 Å². The van der Waals surface area contributed by atoms with E-state index in [0.717, 1.165) is 5.75 Å². The highest BCUT2D eigenvalue weighted by Gasteiger charge is 2.02. The van der Waals surface area contributed by atoms with Gasteiger partial charge in [0.1, 0.15) is 11.9 Å². The summed E-state index contributed by atoms with van der Waals surface area (Å²) in [7, 11) is 0. The molecule has 4 N–H and O–H groups in total. The summed E-state index contributed by atoms with van der Waals surface area (Å²) in [6.45, 7) is 2.33. The summed E-state index contributed by atoms with van der Waals surface area (Å²) in [5.41, 5.74) is 10.4. The van der Waals surface area contributed by atoms with Crippen LogP contribution in [0.3, 0.4) is 0 Å². The molecule has 0 aromatic heterocycles. The molecule has 1 rings (SSSR count). The minimum Gasteiger partial charge on any atom is -0.489 e. The number of hydrogen-bond donors (Lipinski definition) is 2. The van der Waals surface area contributed by atoms with Gasteiger partial charge in [-0.2, -0.15) is 0 Å². The number of nitrogens with zero attached hydrogens (tertiary/aromatic N) is 1. The van der Waals surface area contributed by atoms with Gasteiger partial charge in [0, 0.05) is 5.02 Å². The lowest BCUT2D eigenvalue weighted by Gasteiger charge is -2.12. The average Bonchev–Trinajstić information content (AvgIpc) is 2.19. The Morgan fingerprint density at radius 2 is 2.00 bits per heavy atom. The number of rotatable bonds is 4. The Labute approximate surface area is 93.9 Å². The summed E-state index contributed by atoms with van der Waals surface area (Å²) in [4.78, 5) is 3.86. The Morgan fingerprint density at radius 1 is 1.40 bits per heavy atom. The fourth-order valence-corrected chi connectivity index (χ4v) is 1.14. The summed E-state index contributed by atoms with van der Waals surface area (Å²) in [6, 6.07) is 7.14. The van der Waals surface area contributed by atoms with Crippen molar-refractivity contribution in [3.63, 3.8) is 0 Å². The monoisotopic (exact) mass is 227 g/mol. The van der Waals surface area contributed by atoms with Crippen LogP contribution in [0.15, 0.2) is 29.3 Å². The van der Waals surface area contributed by atoms with Crippen LogP contribution in [0.5, 0.6) is 5.75 Å². The molecule has 82 valence electrons. The summed E-state index contributed by atoms with van der Waals surface area (Å²) in [5.74, 6) is 0.819. The van der Waals surface area contributed by atoms with Gasteiger partial charge in [-0.25, -0.2) is 4.99 Å². The lowest BCUT2D eigenvalue weighted by atomic mass is 10.3. The fraction of sp³-hybridized carbons (Fsp3) is 0.300. The maximum atomic E-state index is 5.74. The lowest BCUT2D eigenvalue weighted by Crippen LogP contribution is -2.26. The molecule has 0 fully saturated rings. The zero-order chi connectivity index (χ0) is 11.3. The van der Waals surface area contributed by atoms with Crippen LogP contribution in [0.4, 0.5) is 0 Å². The molecule has 0 aliphatic carbocycles. The van der Waals surface area contributed by atoms with E-state index in [9.17, 15) is 0 Å². The highest BCUT2D eigenvalue weighted by molar-refractivity contribution is 6.30. The maximum Gasteiger partial charge on any atom is 0.186 e. The Morgan fingerprint density at radius 3 is 2.53 bits per heavy atom. The molecular weight excluding hydrogens is 214 g/mol. The zero-order valence-electron chi connectivity index (χ0n) is 8.48. The quantitative estimate of drug-likeness (QED) is 0.603. The first kappa shape index (κ1) is 11.7. The SMILES string of the molecule is CC(CN=C(N)N)Oc1ccc(Cl)cc1. The van der Waals surface area contributed by atoms with Crippen molar-refractivity contribution in [2.45, 2.75) is 13.0 Å². The van der Waals surface area contributed by atoms with Crippen molar-refractivity contribution in [3.8, 4) is 5.75 Å². The van der Waals surface area contributed by atoms with Gasteiger partial charge >= 0.3 is 0 Å². The Balaban J connectivity index is 2.47. The Kier molecular flexibility index (Phi) is 4.24. The highest BCUT2D eigenvalue weighted by Crippen LogP contribution is 2.16. The van der Waals surface area contributed by atoms with Crippen LogP contribution in [0.1, 0.15) is 6.92 Å². The van der Waals surface area contributed by atoms with E-state index in [-0.39, 0.29) is 12.1 Å². The molecule has 1 atom stereocenters. The first-order valence-corrected chi connectivity index (χ1v) is 4.93. The molecule has 0 spiro atoms. The first-order chi connectivity index (χ1) is 7.08. The number of guanidine groups is 1. The van der Waals surface area contributed by atoms with Gasteiger partial charge in [0.05, 0.1) is 6.54 Å². The van der Waals surface area contributed by atoms with E-state index in [1.54, 1.807) is 24.3 Å². The number of benzene rings is 1. The van der Waals surface area contributed by atoms with Crippen molar-refractivity contribution in [1.29, 1.82) is 0 Å². The van der Waals surface area contributed by atoms with E-state index in [0.29, 0.717) is 11.6 Å². The van der Waals surface area contributed by atoms with Crippen LogP contribution in [-0.2, 0) is 0 Å². The topological polar surface area (TPSA) is 73.6 Å². The molecule has 0 aliphatic heterocycles. The van der Waals surface area contributed by atoms with Crippen LogP contribution < -0.4 is 16.2 Å². The van der Waals surface area contributed by atoms with Crippen molar-refractivity contribution in [2.75, 3.05) is 6.54 Å². The van der Waals surface area contributed by atoms with Crippen LogP contribution in [-0.4, -0.2) is 18.6 Å². The van der Waals surface area contributed by atoms with Crippen molar-refractivity contribution in [1.82, 2.24) is 0 Å². The zero-order valence-corrected chi connectivity index (χ0v) is 9.24. The minimum absolute atomic E-state index is 0.0709. The predicted molar refractivity (Wildman–Crippen MR) is 62.2 cm³/mol. The van der Waals surface area contributed by atoms with Crippen LogP contribution >= 0.6 is 11.6 Å². The van der Waals surface area contributed by atoms with Gasteiger partial charge in [0.2, 0.25) is 0 Å². The Hall–Kier alpha value is -1.42. The van der Waals surface area contributed by atoms with Gasteiger partial charge < -0.3 is 16.2 Å². The first-order valence-electron chi connectivity index (χ1n) is 4.55. The third-order valence-electron chi connectivity index (χ3n) is 1.68. The molecule has 0 saturated heterocycles. The molecule has 0 radical (unpaired) electrons. The minimum atomic E-state index is -0.0757. The van der Waals surface area contributed by atoms with Gasteiger partial charge in [0.25, 0.3) is 0 Å². The Bertz CT molecular complexity index is 333. The van der Waals surface area contributed by atoms with Gasteiger partial charge in [-0.1, -0.05) is 11.6 Å². The van der Waals surface area contributed by atoms with E-state index < -0.39 is 0 Å². The van der Waals surface area contributed by atoms with Crippen molar-refractivity contribution < 1.29 is 4.74 Å². The van der Waals surface area contributed by atoms with Gasteiger partial charge in [0.15, 0.2) is 5.96 Å². The molecule has 0 heterocycles. The molecule has 1 aromatic rings. The molecule has 0 bridgehead atoms. The maximum absolute atomic E-state index is 5.74. The third kappa shape index (κ3) is 4.56. The average molecular weight is 228 g/mol. The normalized spacial score (nSPS) is 11.9. The summed E-state index contributed by atoms with van der Waals surface area (Å²) < 4.78 is 5.54. The molecule has 4 nitrogen and oxygen atoms in total. The molecule has 15 heavy (non-hydrogen) atoms. The smallest absolute Gasteiger partial charge is 0.186 e. The highest BCUT2D eigenvalue weighted by atomic mass is 35.5. The number of halogens is 1. The second-order valence-electron chi connectivity index (χ2n) is 3.15. The molecular formula is C10H14ClN3O. The van der Waals surface area contributed by atoms with Gasteiger partial charge in [-0.05, 0) is 31.2 Å². The molecule has 1 aromatic carbocycles. The molecule has 1 unspecified atom stereocenters. The summed E-state index contributed by atoms with van der Waals surface area (Å²) in [6.07, 6.45) is -0.0757. The van der Waals surface area contributed by atoms with Crippen molar-refractivity contribution in [3.05, 3.63) is 29.3 Å². The lowest BCUT2D eigenvalue weighted by molar-refractivity contribution is 0.230. The summed E-state index contributed by atoms with van der Waals surface area (Å²) >= 11 is 5.74.